The van der Waals surface area contributed by atoms with Crippen molar-refractivity contribution in [1.29, 1.82) is 0 Å². The molecular formula is C14H19N3O2. The van der Waals surface area contributed by atoms with Crippen LogP contribution < -0.4 is 9.47 Å². The van der Waals surface area contributed by atoms with Gasteiger partial charge in [0.15, 0.2) is 11.5 Å². The molecule has 0 saturated heterocycles. The van der Waals surface area contributed by atoms with Crippen LogP contribution in [-0.4, -0.2) is 49.7 Å². The minimum Gasteiger partial charge on any atom is -0.493 e. The number of methoxy groups -OCH3 is 2. The minimum absolute atomic E-state index is 0.687. The highest BCUT2D eigenvalue weighted by Gasteiger charge is 2.10. The van der Waals surface area contributed by atoms with Crippen molar-refractivity contribution in [2.45, 2.75) is 6.42 Å². The van der Waals surface area contributed by atoms with E-state index in [9.17, 15) is 0 Å². The summed E-state index contributed by atoms with van der Waals surface area (Å²) in [5.74, 6) is 1.39. The van der Waals surface area contributed by atoms with E-state index in [4.69, 9.17) is 9.47 Å². The standard InChI is InChI=1S/C14H19N3O2/c1-17(2)6-5-11-10-7-13(18-3)14(19-4)8-12(10)16-9-15-11/h7-9H,5-6H2,1-4H3. The van der Waals surface area contributed by atoms with E-state index in [-0.39, 0.29) is 0 Å². The molecule has 2 aromatic rings. The Balaban J connectivity index is 2.48. The molecule has 5 nitrogen and oxygen atoms in total. The van der Waals surface area contributed by atoms with Gasteiger partial charge in [0.1, 0.15) is 6.33 Å². The van der Waals surface area contributed by atoms with Gasteiger partial charge in [-0.3, -0.25) is 0 Å². The molecule has 1 heterocycles. The minimum atomic E-state index is 0.687. The van der Waals surface area contributed by atoms with Crippen molar-refractivity contribution in [3.8, 4) is 11.5 Å². The van der Waals surface area contributed by atoms with Gasteiger partial charge in [-0.15, -0.1) is 0 Å². The highest BCUT2D eigenvalue weighted by atomic mass is 16.5. The molecule has 19 heavy (non-hydrogen) atoms. The van der Waals surface area contributed by atoms with Gasteiger partial charge in [-0.1, -0.05) is 0 Å². The molecule has 1 aromatic carbocycles. The van der Waals surface area contributed by atoms with Crippen LogP contribution in [0.2, 0.25) is 0 Å². The van der Waals surface area contributed by atoms with Crippen molar-refractivity contribution in [2.75, 3.05) is 34.9 Å². The number of aromatic nitrogens is 2. The van der Waals surface area contributed by atoms with E-state index in [1.165, 1.54) is 0 Å². The number of fused-ring (bicyclic) bond motifs is 1. The number of ether oxygens (including phenoxy) is 2. The molecule has 0 amide bonds. The maximum atomic E-state index is 5.33. The summed E-state index contributed by atoms with van der Waals surface area (Å²) in [7, 11) is 7.35. The molecule has 102 valence electrons. The van der Waals surface area contributed by atoms with Gasteiger partial charge in [-0.2, -0.15) is 0 Å². The fourth-order valence-corrected chi connectivity index (χ4v) is 1.97. The molecule has 0 aliphatic rings. The monoisotopic (exact) mass is 261 g/mol. The Labute approximate surface area is 113 Å². The van der Waals surface area contributed by atoms with Crippen LogP contribution in [-0.2, 0) is 6.42 Å². The summed E-state index contributed by atoms with van der Waals surface area (Å²) in [5.41, 5.74) is 1.90. The van der Waals surface area contributed by atoms with E-state index in [0.717, 1.165) is 29.6 Å². The van der Waals surface area contributed by atoms with Crippen molar-refractivity contribution < 1.29 is 9.47 Å². The summed E-state index contributed by atoms with van der Waals surface area (Å²) in [6.07, 6.45) is 2.47. The molecule has 2 rings (SSSR count). The van der Waals surface area contributed by atoms with Gasteiger partial charge >= 0.3 is 0 Å². The Morgan fingerprint density at radius 3 is 2.37 bits per heavy atom. The summed E-state index contributed by atoms with van der Waals surface area (Å²) in [4.78, 5) is 10.8. The number of likely N-dealkylation sites (N-methyl/N-ethyl adjacent to an activating group) is 1. The first kappa shape index (κ1) is 13.5. The van der Waals surface area contributed by atoms with Gasteiger partial charge in [0.25, 0.3) is 0 Å². The van der Waals surface area contributed by atoms with E-state index in [0.29, 0.717) is 11.5 Å². The third kappa shape index (κ3) is 2.93. The van der Waals surface area contributed by atoms with Crippen LogP contribution in [0.5, 0.6) is 11.5 Å². The zero-order chi connectivity index (χ0) is 13.8. The number of benzene rings is 1. The van der Waals surface area contributed by atoms with Crippen molar-refractivity contribution >= 4 is 10.9 Å². The fraction of sp³-hybridized carbons (Fsp3) is 0.429. The van der Waals surface area contributed by atoms with Crippen LogP contribution in [0.25, 0.3) is 10.9 Å². The first-order valence-corrected chi connectivity index (χ1v) is 6.16. The molecule has 0 saturated carbocycles. The van der Waals surface area contributed by atoms with Gasteiger partial charge < -0.3 is 14.4 Å². The van der Waals surface area contributed by atoms with Gasteiger partial charge in [0.05, 0.1) is 25.4 Å². The lowest BCUT2D eigenvalue weighted by molar-refractivity contribution is 0.355. The molecular weight excluding hydrogens is 242 g/mol. The number of rotatable bonds is 5. The van der Waals surface area contributed by atoms with E-state index < -0.39 is 0 Å². The summed E-state index contributed by atoms with van der Waals surface area (Å²) in [6, 6.07) is 3.83. The zero-order valence-corrected chi connectivity index (χ0v) is 11.8. The molecule has 5 heteroatoms. The van der Waals surface area contributed by atoms with E-state index in [1.54, 1.807) is 20.5 Å². The lowest BCUT2D eigenvalue weighted by Gasteiger charge is -2.12. The summed E-state index contributed by atoms with van der Waals surface area (Å²) < 4.78 is 10.6. The van der Waals surface area contributed by atoms with Crippen LogP contribution in [0.1, 0.15) is 5.69 Å². The zero-order valence-electron chi connectivity index (χ0n) is 11.8. The molecule has 0 fully saturated rings. The fourth-order valence-electron chi connectivity index (χ4n) is 1.97. The Hall–Kier alpha value is -1.88. The smallest absolute Gasteiger partial charge is 0.162 e. The summed E-state index contributed by atoms with van der Waals surface area (Å²) in [5, 5.41) is 1.02. The Morgan fingerprint density at radius 1 is 1.05 bits per heavy atom. The highest BCUT2D eigenvalue weighted by molar-refractivity contribution is 5.84. The van der Waals surface area contributed by atoms with E-state index in [2.05, 4.69) is 14.9 Å². The van der Waals surface area contributed by atoms with Crippen molar-refractivity contribution in [2.24, 2.45) is 0 Å². The molecule has 0 N–H and O–H groups in total. The molecule has 0 aliphatic carbocycles. The predicted molar refractivity (Wildman–Crippen MR) is 74.9 cm³/mol. The molecule has 0 unspecified atom stereocenters. The van der Waals surface area contributed by atoms with Crippen molar-refractivity contribution in [3.05, 3.63) is 24.2 Å². The summed E-state index contributed by atoms with van der Waals surface area (Å²) >= 11 is 0. The summed E-state index contributed by atoms with van der Waals surface area (Å²) in [6.45, 7) is 0.945. The Bertz CT molecular complexity index is 570. The molecule has 0 radical (unpaired) electrons. The van der Waals surface area contributed by atoms with Gasteiger partial charge in [0, 0.05) is 24.4 Å². The van der Waals surface area contributed by atoms with Crippen LogP contribution >= 0.6 is 0 Å². The maximum absolute atomic E-state index is 5.33. The van der Waals surface area contributed by atoms with Gasteiger partial charge in [0.2, 0.25) is 0 Å². The SMILES string of the molecule is COc1cc2ncnc(CCN(C)C)c2cc1OC. The number of hydrogen-bond donors (Lipinski definition) is 0. The Morgan fingerprint density at radius 2 is 1.74 bits per heavy atom. The van der Waals surface area contributed by atoms with Crippen LogP contribution in [0, 0.1) is 0 Å². The average molecular weight is 261 g/mol. The quantitative estimate of drug-likeness (QED) is 0.820. The normalized spacial score (nSPS) is 11.0. The first-order chi connectivity index (χ1) is 9.15. The van der Waals surface area contributed by atoms with Crippen molar-refractivity contribution in [1.82, 2.24) is 14.9 Å². The largest absolute Gasteiger partial charge is 0.493 e. The van der Waals surface area contributed by atoms with Crippen LogP contribution in [0.4, 0.5) is 0 Å². The second-order valence-corrected chi connectivity index (χ2v) is 4.60. The maximum Gasteiger partial charge on any atom is 0.162 e. The molecule has 0 aliphatic heterocycles. The third-order valence-corrected chi connectivity index (χ3v) is 3.02. The topological polar surface area (TPSA) is 47.5 Å². The van der Waals surface area contributed by atoms with Crippen LogP contribution in [0.15, 0.2) is 18.5 Å². The third-order valence-electron chi connectivity index (χ3n) is 3.02. The van der Waals surface area contributed by atoms with Crippen molar-refractivity contribution in [3.63, 3.8) is 0 Å². The Kier molecular flexibility index (Phi) is 4.16. The molecule has 0 bridgehead atoms. The number of nitrogens with zero attached hydrogens (tertiary/aromatic N) is 3. The molecule has 1 aromatic heterocycles. The van der Waals surface area contributed by atoms with Gasteiger partial charge in [-0.25, -0.2) is 9.97 Å². The predicted octanol–water partition coefficient (Wildman–Crippen LogP) is 1.75. The lowest BCUT2D eigenvalue weighted by atomic mass is 10.1. The van der Waals surface area contributed by atoms with Crippen LogP contribution in [0.3, 0.4) is 0 Å². The number of hydrogen-bond acceptors (Lipinski definition) is 5. The van der Waals surface area contributed by atoms with E-state index >= 15 is 0 Å². The second-order valence-electron chi connectivity index (χ2n) is 4.60. The van der Waals surface area contributed by atoms with Gasteiger partial charge in [-0.05, 0) is 20.2 Å². The highest BCUT2D eigenvalue weighted by Crippen LogP contribution is 2.32. The average Bonchev–Trinajstić information content (AvgIpc) is 2.43. The molecule has 0 spiro atoms. The second kappa shape index (κ2) is 5.84. The lowest BCUT2D eigenvalue weighted by Crippen LogP contribution is -2.15. The molecule has 0 atom stereocenters. The van der Waals surface area contributed by atoms with E-state index in [1.807, 2.05) is 26.2 Å². The first-order valence-electron chi connectivity index (χ1n) is 6.16.